The van der Waals surface area contributed by atoms with E-state index in [-0.39, 0.29) is 0 Å². The van der Waals surface area contributed by atoms with Crippen LogP contribution in [-0.2, 0) is 0 Å². The van der Waals surface area contributed by atoms with E-state index in [1.807, 2.05) is 36.4 Å². The van der Waals surface area contributed by atoms with E-state index in [0.29, 0.717) is 17.5 Å². The molecule has 11 aromatic rings. The molecular weight excluding hydrogens is 719 g/mol. The lowest BCUT2D eigenvalue weighted by Crippen LogP contribution is -2.04. The highest BCUT2D eigenvalue weighted by Gasteiger charge is 2.22. The zero-order chi connectivity index (χ0) is 39.6. The van der Waals surface area contributed by atoms with Gasteiger partial charge in [-0.05, 0) is 75.4 Å². The number of aryl methyl sites for hydroxylation is 3. The number of fused-ring (bicyclic) bond motifs is 6. The van der Waals surface area contributed by atoms with E-state index in [4.69, 9.17) is 15.0 Å². The normalized spacial score (nSPS) is 11.6. The molecule has 0 aliphatic rings. The van der Waals surface area contributed by atoms with Crippen molar-refractivity contribution in [3.8, 4) is 56.7 Å². The highest BCUT2D eigenvalue weighted by atomic mass is 15.0. The Morgan fingerprint density at radius 2 is 0.746 bits per heavy atom. The molecule has 59 heavy (non-hydrogen) atoms. The highest BCUT2D eigenvalue weighted by Crippen LogP contribution is 2.42. The molecule has 0 fully saturated rings. The molecule has 280 valence electrons. The summed E-state index contributed by atoms with van der Waals surface area (Å²) in [4.78, 5) is 15.3. The van der Waals surface area contributed by atoms with Crippen molar-refractivity contribution < 1.29 is 0 Å². The molecule has 0 radical (unpaired) electrons. The Kier molecular flexibility index (Phi) is 8.09. The summed E-state index contributed by atoms with van der Waals surface area (Å²) in [6.45, 7) is 6.52. The lowest BCUT2D eigenvalue weighted by Gasteiger charge is -2.20. The summed E-state index contributed by atoms with van der Waals surface area (Å²) in [5.41, 5.74) is 15.5. The van der Waals surface area contributed by atoms with Crippen LogP contribution in [0.5, 0.6) is 0 Å². The van der Waals surface area contributed by atoms with E-state index < -0.39 is 0 Å². The minimum absolute atomic E-state index is 0.615. The van der Waals surface area contributed by atoms with Gasteiger partial charge in [0.05, 0.1) is 33.4 Å². The topological polar surface area (TPSA) is 48.5 Å². The molecule has 3 heterocycles. The standard InChI is InChI=1S/C54H39N5/c1-34-22-27-48-43(30-34)40-18-10-12-20-46(40)58(48)49-28-23-36(3)32-45(49)42-26-25-39(33-51(42)59-47-21-13-11-19-41(47)44-31-35(2)24-29-50(44)59)54-56-52(37-14-6-4-7-15-37)55-53(57-54)38-16-8-5-9-17-38/h4-33H,1-3H3. The zero-order valence-electron chi connectivity index (χ0n) is 33.1. The molecular formula is C54H39N5. The Bertz CT molecular complexity index is 3350. The molecule has 8 aromatic carbocycles. The average Bonchev–Trinajstić information content (AvgIpc) is 3.78. The lowest BCUT2D eigenvalue weighted by atomic mass is 9.97. The van der Waals surface area contributed by atoms with Gasteiger partial charge in [-0.25, -0.2) is 15.0 Å². The molecule has 3 aromatic heterocycles. The first-order valence-corrected chi connectivity index (χ1v) is 20.1. The highest BCUT2D eigenvalue weighted by molar-refractivity contribution is 6.11. The van der Waals surface area contributed by atoms with Crippen molar-refractivity contribution in [2.75, 3.05) is 0 Å². The van der Waals surface area contributed by atoms with Crippen molar-refractivity contribution in [3.05, 3.63) is 199 Å². The second-order valence-electron chi connectivity index (χ2n) is 15.5. The Balaban J connectivity index is 1.23. The maximum atomic E-state index is 5.17. The van der Waals surface area contributed by atoms with Crippen molar-refractivity contribution in [1.82, 2.24) is 24.1 Å². The fourth-order valence-electron chi connectivity index (χ4n) is 8.77. The third-order valence-corrected chi connectivity index (χ3v) is 11.5. The molecule has 0 amide bonds. The molecule has 0 saturated heterocycles. The summed E-state index contributed by atoms with van der Waals surface area (Å²) in [6.07, 6.45) is 0. The first kappa shape index (κ1) is 34.6. The number of aromatic nitrogens is 5. The molecule has 11 rings (SSSR count). The van der Waals surface area contributed by atoms with Crippen LogP contribution in [0.15, 0.2) is 182 Å². The van der Waals surface area contributed by atoms with Gasteiger partial charge in [0.15, 0.2) is 17.5 Å². The number of rotatable bonds is 6. The van der Waals surface area contributed by atoms with Gasteiger partial charge < -0.3 is 9.13 Å². The van der Waals surface area contributed by atoms with E-state index >= 15 is 0 Å². The maximum absolute atomic E-state index is 5.17. The molecule has 0 saturated carbocycles. The summed E-state index contributed by atoms with van der Waals surface area (Å²) >= 11 is 0. The molecule has 0 unspecified atom stereocenters. The summed E-state index contributed by atoms with van der Waals surface area (Å²) < 4.78 is 4.87. The van der Waals surface area contributed by atoms with E-state index in [1.54, 1.807) is 0 Å². The zero-order valence-corrected chi connectivity index (χ0v) is 33.1. The van der Waals surface area contributed by atoms with Crippen molar-refractivity contribution in [2.45, 2.75) is 20.8 Å². The first-order valence-electron chi connectivity index (χ1n) is 20.1. The van der Waals surface area contributed by atoms with Crippen LogP contribution in [0.2, 0.25) is 0 Å². The van der Waals surface area contributed by atoms with Crippen molar-refractivity contribution in [2.24, 2.45) is 0 Å². The summed E-state index contributed by atoms with van der Waals surface area (Å²) in [5.74, 6) is 1.88. The third-order valence-electron chi connectivity index (χ3n) is 11.5. The average molecular weight is 758 g/mol. The van der Waals surface area contributed by atoms with Gasteiger partial charge in [0.1, 0.15) is 0 Å². The number of benzene rings is 8. The second-order valence-corrected chi connectivity index (χ2v) is 15.5. The number of hydrogen-bond acceptors (Lipinski definition) is 3. The summed E-state index contributed by atoms with van der Waals surface area (Å²) in [6, 6.07) is 65.0. The van der Waals surface area contributed by atoms with Crippen LogP contribution in [0.4, 0.5) is 0 Å². The summed E-state index contributed by atoms with van der Waals surface area (Å²) in [5, 5.41) is 4.92. The molecule has 0 bridgehead atoms. The van der Waals surface area contributed by atoms with Crippen LogP contribution < -0.4 is 0 Å². The fourth-order valence-corrected chi connectivity index (χ4v) is 8.77. The van der Waals surface area contributed by atoms with Crippen LogP contribution in [0.1, 0.15) is 16.7 Å². The van der Waals surface area contributed by atoms with Gasteiger partial charge in [-0.3, -0.25) is 0 Å². The Morgan fingerprint density at radius 3 is 1.31 bits per heavy atom. The quantitative estimate of drug-likeness (QED) is 0.170. The first-order chi connectivity index (χ1) is 29.0. The predicted octanol–water partition coefficient (Wildman–Crippen LogP) is 13.7. The van der Waals surface area contributed by atoms with Gasteiger partial charge in [0.2, 0.25) is 0 Å². The van der Waals surface area contributed by atoms with E-state index in [9.17, 15) is 0 Å². The van der Waals surface area contributed by atoms with E-state index in [1.165, 1.54) is 49.3 Å². The van der Waals surface area contributed by atoms with Gasteiger partial charge >= 0.3 is 0 Å². The molecule has 5 nitrogen and oxygen atoms in total. The molecule has 0 spiro atoms. The maximum Gasteiger partial charge on any atom is 0.164 e. The monoisotopic (exact) mass is 757 g/mol. The SMILES string of the molecule is Cc1ccc(-n2c3ccccc3c3cc(C)ccc32)c(-c2ccc(-c3nc(-c4ccccc4)nc(-c4ccccc4)n3)cc2-n2c3ccccc3c3cc(C)ccc32)c1. The number of hydrogen-bond donors (Lipinski definition) is 0. The minimum Gasteiger partial charge on any atom is -0.309 e. The van der Waals surface area contributed by atoms with Gasteiger partial charge in [-0.2, -0.15) is 0 Å². The van der Waals surface area contributed by atoms with Crippen molar-refractivity contribution >= 4 is 43.6 Å². The van der Waals surface area contributed by atoms with Crippen LogP contribution in [0.3, 0.4) is 0 Å². The molecule has 0 N–H and O–H groups in total. The van der Waals surface area contributed by atoms with Gasteiger partial charge in [-0.15, -0.1) is 0 Å². The summed E-state index contributed by atoms with van der Waals surface area (Å²) in [7, 11) is 0. The second kappa shape index (κ2) is 13.8. The van der Waals surface area contributed by atoms with Crippen molar-refractivity contribution in [3.63, 3.8) is 0 Å². The Labute approximate surface area is 342 Å². The fraction of sp³-hybridized carbons (Fsp3) is 0.0556. The third kappa shape index (κ3) is 5.81. The van der Waals surface area contributed by atoms with Crippen LogP contribution in [0, 0.1) is 20.8 Å². The molecule has 0 atom stereocenters. The smallest absolute Gasteiger partial charge is 0.164 e. The number of nitrogens with zero attached hydrogens (tertiary/aromatic N) is 5. The Hall–Kier alpha value is -7.63. The lowest BCUT2D eigenvalue weighted by molar-refractivity contribution is 1.07. The van der Waals surface area contributed by atoms with Gasteiger partial charge in [0, 0.05) is 49.4 Å². The van der Waals surface area contributed by atoms with Crippen LogP contribution in [0.25, 0.3) is 100 Å². The molecule has 5 heteroatoms. The van der Waals surface area contributed by atoms with Crippen LogP contribution >= 0.6 is 0 Å². The predicted molar refractivity (Wildman–Crippen MR) is 244 cm³/mol. The molecule has 0 aliphatic heterocycles. The van der Waals surface area contributed by atoms with E-state index in [0.717, 1.165) is 50.2 Å². The number of para-hydroxylation sites is 2. The van der Waals surface area contributed by atoms with E-state index in [2.05, 4.69) is 175 Å². The molecule has 0 aliphatic carbocycles. The largest absolute Gasteiger partial charge is 0.309 e. The van der Waals surface area contributed by atoms with Gasteiger partial charge in [-0.1, -0.05) is 144 Å². The van der Waals surface area contributed by atoms with Crippen LogP contribution in [-0.4, -0.2) is 24.1 Å². The van der Waals surface area contributed by atoms with Crippen molar-refractivity contribution in [1.29, 1.82) is 0 Å². The van der Waals surface area contributed by atoms with Gasteiger partial charge in [0.25, 0.3) is 0 Å². The minimum atomic E-state index is 0.615. The Morgan fingerprint density at radius 1 is 0.305 bits per heavy atom.